The second-order valence-electron chi connectivity index (χ2n) is 7.41. The van der Waals surface area contributed by atoms with Crippen LogP contribution >= 0.6 is 0 Å². The Balaban J connectivity index is 1.60. The van der Waals surface area contributed by atoms with Gasteiger partial charge in [0.25, 0.3) is 0 Å². The molecule has 1 N–H and O–H groups in total. The fraction of sp³-hybridized carbons (Fsp3) is 0.684. The van der Waals surface area contributed by atoms with Gasteiger partial charge in [-0.1, -0.05) is 0 Å². The average Bonchev–Trinajstić information content (AvgIpc) is 2.72. The van der Waals surface area contributed by atoms with E-state index in [1.807, 2.05) is 4.90 Å². The summed E-state index contributed by atoms with van der Waals surface area (Å²) in [5.41, 5.74) is 0. The first-order chi connectivity index (χ1) is 13.5. The van der Waals surface area contributed by atoms with E-state index in [9.17, 15) is 13.2 Å². The van der Waals surface area contributed by atoms with Gasteiger partial charge in [0.15, 0.2) is 0 Å². The highest BCUT2D eigenvalue weighted by Crippen LogP contribution is 2.23. The molecule has 0 aromatic carbocycles. The minimum Gasteiger partial charge on any atom is -0.381 e. The van der Waals surface area contributed by atoms with E-state index in [4.69, 9.17) is 4.74 Å². The van der Waals surface area contributed by atoms with Crippen molar-refractivity contribution in [2.24, 2.45) is 0 Å². The van der Waals surface area contributed by atoms with Crippen LogP contribution in [0.2, 0.25) is 0 Å². The van der Waals surface area contributed by atoms with Crippen molar-refractivity contribution in [1.29, 1.82) is 0 Å². The van der Waals surface area contributed by atoms with Gasteiger partial charge in [0.2, 0.25) is 15.9 Å². The van der Waals surface area contributed by atoms with Gasteiger partial charge in [-0.05, 0) is 37.8 Å². The van der Waals surface area contributed by atoms with Crippen LogP contribution in [0.5, 0.6) is 0 Å². The number of hydrogen-bond acceptors (Lipinski definition) is 6. The Hall–Kier alpha value is -1.55. The molecule has 156 valence electrons. The van der Waals surface area contributed by atoms with E-state index >= 15 is 0 Å². The van der Waals surface area contributed by atoms with Crippen molar-refractivity contribution in [2.45, 2.75) is 49.6 Å². The first kappa shape index (κ1) is 21.2. The number of likely N-dealkylation sites (tertiary alicyclic amines) is 1. The van der Waals surface area contributed by atoms with Crippen molar-refractivity contribution in [1.82, 2.24) is 19.5 Å². The summed E-state index contributed by atoms with van der Waals surface area (Å²) < 4.78 is 33.1. The number of sulfonamides is 1. The summed E-state index contributed by atoms with van der Waals surface area (Å²) >= 11 is 0. The number of ether oxygens (including phenoxy) is 1. The first-order valence-corrected chi connectivity index (χ1v) is 11.4. The number of nitrogens with zero attached hydrogens (tertiary/aromatic N) is 3. The number of piperidine rings is 1. The fourth-order valence-electron chi connectivity index (χ4n) is 4.09. The molecule has 0 aliphatic carbocycles. The lowest BCUT2D eigenvalue weighted by Crippen LogP contribution is -2.53. The van der Waals surface area contributed by atoms with Crippen molar-refractivity contribution < 1.29 is 17.9 Å². The SMILES string of the molecule is CC(=O)N1CCC(N(CCNS(=O)(=O)c2cccnc2)C2CCOCC2)CC1. The quantitative estimate of drug-likeness (QED) is 0.717. The zero-order valence-corrected chi connectivity index (χ0v) is 17.2. The van der Waals surface area contributed by atoms with Crippen molar-refractivity contribution in [3.8, 4) is 0 Å². The molecule has 0 unspecified atom stereocenters. The van der Waals surface area contributed by atoms with Crippen LogP contribution in [0.1, 0.15) is 32.6 Å². The third-order valence-electron chi connectivity index (χ3n) is 5.65. The molecule has 28 heavy (non-hydrogen) atoms. The van der Waals surface area contributed by atoms with Crippen LogP contribution in [-0.2, 0) is 19.6 Å². The minimum absolute atomic E-state index is 0.125. The largest absolute Gasteiger partial charge is 0.381 e. The molecule has 9 heteroatoms. The zero-order chi connectivity index (χ0) is 20.0. The van der Waals surface area contributed by atoms with Gasteiger partial charge in [0.1, 0.15) is 4.90 Å². The number of carbonyl (C=O) groups is 1. The maximum atomic E-state index is 12.5. The van der Waals surface area contributed by atoms with Crippen LogP contribution in [0.25, 0.3) is 0 Å². The Morgan fingerprint density at radius 1 is 1.25 bits per heavy atom. The zero-order valence-electron chi connectivity index (χ0n) is 16.4. The van der Waals surface area contributed by atoms with Gasteiger partial charge in [-0.2, -0.15) is 0 Å². The third-order valence-corrected chi connectivity index (χ3v) is 7.09. The molecular weight excluding hydrogens is 380 g/mol. The standard InChI is InChI=1S/C19H30N4O4S/c1-16(24)22-10-4-17(5-11-22)23(18-6-13-27-14-7-18)12-9-21-28(25,26)19-3-2-8-20-15-19/h2-3,8,15,17-18,21H,4-7,9-14H2,1H3. The molecule has 1 aromatic rings. The van der Waals surface area contributed by atoms with E-state index in [-0.39, 0.29) is 10.8 Å². The molecule has 3 rings (SSSR count). The second kappa shape index (κ2) is 9.78. The molecule has 0 radical (unpaired) electrons. The Morgan fingerprint density at radius 2 is 1.93 bits per heavy atom. The predicted molar refractivity (Wildman–Crippen MR) is 105 cm³/mol. The summed E-state index contributed by atoms with van der Waals surface area (Å²) in [5, 5.41) is 0. The van der Waals surface area contributed by atoms with Crippen LogP contribution in [0.15, 0.2) is 29.4 Å². The molecule has 1 amide bonds. The highest BCUT2D eigenvalue weighted by molar-refractivity contribution is 7.89. The van der Waals surface area contributed by atoms with E-state index < -0.39 is 10.0 Å². The van der Waals surface area contributed by atoms with Crippen LogP contribution in [-0.4, -0.2) is 80.6 Å². The lowest BCUT2D eigenvalue weighted by molar-refractivity contribution is -0.130. The van der Waals surface area contributed by atoms with Gasteiger partial charge in [-0.25, -0.2) is 13.1 Å². The van der Waals surface area contributed by atoms with Gasteiger partial charge in [-0.3, -0.25) is 14.7 Å². The Bertz CT molecular complexity index is 730. The molecule has 2 fully saturated rings. The lowest BCUT2D eigenvalue weighted by atomic mass is 9.98. The number of aromatic nitrogens is 1. The molecule has 0 atom stereocenters. The Kier molecular flexibility index (Phi) is 7.39. The smallest absolute Gasteiger partial charge is 0.242 e. The fourth-order valence-corrected chi connectivity index (χ4v) is 5.08. The lowest BCUT2D eigenvalue weighted by Gasteiger charge is -2.43. The molecular formula is C19H30N4O4S. The van der Waals surface area contributed by atoms with E-state index in [1.54, 1.807) is 25.3 Å². The van der Waals surface area contributed by atoms with Crippen molar-refractivity contribution in [3.63, 3.8) is 0 Å². The molecule has 2 aliphatic heterocycles. The number of hydrogen-bond donors (Lipinski definition) is 1. The normalized spacial score (nSPS) is 19.9. The summed E-state index contributed by atoms with van der Waals surface area (Å²) in [6.45, 7) is 5.63. The molecule has 2 saturated heterocycles. The first-order valence-electron chi connectivity index (χ1n) is 9.96. The summed E-state index contributed by atoms with van der Waals surface area (Å²) in [5.74, 6) is 0.125. The Labute approximate surface area is 167 Å². The van der Waals surface area contributed by atoms with Crippen LogP contribution in [0.3, 0.4) is 0 Å². The van der Waals surface area contributed by atoms with Crippen LogP contribution < -0.4 is 4.72 Å². The number of carbonyl (C=O) groups excluding carboxylic acids is 1. The highest BCUT2D eigenvalue weighted by atomic mass is 32.2. The van der Waals surface area contributed by atoms with Crippen molar-refractivity contribution in [2.75, 3.05) is 39.4 Å². The van der Waals surface area contributed by atoms with E-state index in [0.717, 1.165) is 52.0 Å². The molecule has 0 spiro atoms. The van der Waals surface area contributed by atoms with Gasteiger partial charge in [-0.15, -0.1) is 0 Å². The Morgan fingerprint density at radius 3 is 2.54 bits per heavy atom. The average molecular weight is 411 g/mol. The van der Waals surface area contributed by atoms with E-state index in [2.05, 4.69) is 14.6 Å². The van der Waals surface area contributed by atoms with Crippen LogP contribution in [0, 0.1) is 0 Å². The minimum atomic E-state index is -3.55. The maximum absolute atomic E-state index is 12.5. The van der Waals surface area contributed by atoms with E-state index in [1.165, 1.54) is 6.20 Å². The molecule has 8 nitrogen and oxygen atoms in total. The maximum Gasteiger partial charge on any atom is 0.242 e. The van der Waals surface area contributed by atoms with E-state index in [0.29, 0.717) is 25.2 Å². The van der Waals surface area contributed by atoms with Gasteiger partial charge in [0.05, 0.1) is 0 Å². The molecule has 0 bridgehead atoms. The highest BCUT2D eigenvalue weighted by Gasteiger charge is 2.31. The monoisotopic (exact) mass is 410 g/mol. The van der Waals surface area contributed by atoms with Gasteiger partial charge < -0.3 is 9.64 Å². The van der Waals surface area contributed by atoms with Crippen molar-refractivity contribution in [3.05, 3.63) is 24.5 Å². The van der Waals surface area contributed by atoms with Crippen molar-refractivity contribution >= 4 is 15.9 Å². The second-order valence-corrected chi connectivity index (χ2v) is 9.17. The molecule has 0 saturated carbocycles. The van der Waals surface area contributed by atoms with Crippen LogP contribution in [0.4, 0.5) is 0 Å². The summed E-state index contributed by atoms with van der Waals surface area (Å²) in [6.07, 6.45) is 6.68. The van der Waals surface area contributed by atoms with Gasteiger partial charge >= 0.3 is 0 Å². The number of nitrogens with one attached hydrogen (secondary N) is 1. The summed E-state index contributed by atoms with van der Waals surface area (Å²) in [4.78, 5) is 20.0. The number of amides is 1. The molecule has 3 heterocycles. The molecule has 1 aromatic heterocycles. The summed E-state index contributed by atoms with van der Waals surface area (Å²) in [6, 6.07) is 3.92. The number of pyridine rings is 1. The predicted octanol–water partition coefficient (Wildman–Crippen LogP) is 0.852. The third kappa shape index (κ3) is 5.50. The topological polar surface area (TPSA) is 91.8 Å². The number of rotatable bonds is 7. The molecule has 2 aliphatic rings. The van der Waals surface area contributed by atoms with Gasteiger partial charge in [0, 0.05) is 70.8 Å². The summed E-state index contributed by atoms with van der Waals surface area (Å²) in [7, 11) is -3.55.